The van der Waals surface area contributed by atoms with Gasteiger partial charge in [0.15, 0.2) is 0 Å². The van der Waals surface area contributed by atoms with E-state index < -0.39 is 0 Å². The maximum atomic E-state index is 12.2. The maximum absolute atomic E-state index is 12.2. The van der Waals surface area contributed by atoms with Crippen molar-refractivity contribution in [2.75, 3.05) is 6.54 Å². The van der Waals surface area contributed by atoms with Gasteiger partial charge in [0.2, 0.25) is 5.91 Å². The fourth-order valence-corrected chi connectivity index (χ4v) is 3.70. The smallest absolute Gasteiger partial charge is 0.220 e. The van der Waals surface area contributed by atoms with Crippen molar-refractivity contribution in [1.82, 2.24) is 10.3 Å². The van der Waals surface area contributed by atoms with E-state index in [1.165, 1.54) is 0 Å². The van der Waals surface area contributed by atoms with Gasteiger partial charge in [-0.1, -0.05) is 54.1 Å². The van der Waals surface area contributed by atoms with Crippen LogP contribution in [0.1, 0.15) is 17.5 Å². The van der Waals surface area contributed by atoms with Crippen LogP contribution < -0.4 is 10.1 Å². The molecule has 0 spiro atoms. The predicted octanol–water partition coefficient (Wildman–Crippen LogP) is 4.45. The molecular weight excluding hydrogens is 372 g/mol. The first-order valence-electron chi connectivity index (χ1n) is 9.40. The largest absolute Gasteiger partial charge is 0.487 e. The molecule has 2 heterocycles. The number of aryl methyl sites for hydroxylation is 1. The Hall–Kier alpha value is -2.85. The minimum absolute atomic E-state index is 0.00644. The highest BCUT2D eigenvalue weighted by Crippen LogP contribution is 2.38. The molecule has 1 atom stereocenters. The zero-order valence-corrected chi connectivity index (χ0v) is 16.2. The van der Waals surface area contributed by atoms with Crippen LogP contribution in [0.2, 0.25) is 5.02 Å². The monoisotopic (exact) mass is 392 g/mol. The summed E-state index contributed by atoms with van der Waals surface area (Å²) >= 11 is 6.15. The molecule has 0 aliphatic carbocycles. The van der Waals surface area contributed by atoms with Crippen molar-refractivity contribution < 1.29 is 9.53 Å². The molecule has 5 heteroatoms. The van der Waals surface area contributed by atoms with E-state index in [1.807, 2.05) is 54.7 Å². The van der Waals surface area contributed by atoms with Crippen LogP contribution in [-0.2, 0) is 17.6 Å². The van der Waals surface area contributed by atoms with Gasteiger partial charge in [-0.15, -0.1) is 0 Å². The molecule has 4 rings (SSSR count). The summed E-state index contributed by atoms with van der Waals surface area (Å²) < 4.78 is 6.16. The second-order valence-electron chi connectivity index (χ2n) is 6.87. The third-order valence-electron chi connectivity index (χ3n) is 4.91. The third kappa shape index (κ3) is 4.18. The molecule has 2 aromatic carbocycles. The van der Waals surface area contributed by atoms with Crippen molar-refractivity contribution in [2.45, 2.75) is 25.4 Å². The number of hydrogen-bond acceptors (Lipinski definition) is 3. The van der Waals surface area contributed by atoms with E-state index in [0.29, 0.717) is 24.4 Å². The first-order valence-corrected chi connectivity index (χ1v) is 9.77. The number of aromatic nitrogens is 1. The first kappa shape index (κ1) is 18.5. The Morgan fingerprint density at radius 2 is 2.04 bits per heavy atom. The average Bonchev–Trinajstić information content (AvgIpc) is 3.15. The van der Waals surface area contributed by atoms with Gasteiger partial charge >= 0.3 is 0 Å². The summed E-state index contributed by atoms with van der Waals surface area (Å²) in [5, 5.41) is 3.69. The second kappa shape index (κ2) is 8.44. The highest BCUT2D eigenvalue weighted by atomic mass is 35.5. The summed E-state index contributed by atoms with van der Waals surface area (Å²) in [7, 11) is 0. The lowest BCUT2D eigenvalue weighted by atomic mass is 10.0. The molecule has 0 fully saturated rings. The van der Waals surface area contributed by atoms with Crippen LogP contribution in [0.3, 0.4) is 0 Å². The molecule has 1 aromatic heterocycles. The van der Waals surface area contributed by atoms with E-state index in [0.717, 1.165) is 34.4 Å². The average molecular weight is 393 g/mol. The standard InChI is InChI=1S/C23H21ClN2O2/c24-21-9-2-1-5-16(21)10-11-22(27)26-15-19-13-17-6-3-8-20(23(17)28-19)18-7-4-12-25-14-18/h1-9,12,14,19H,10-11,13,15H2,(H,26,27)/t19-/m1/s1. The number of rotatable bonds is 6. The van der Waals surface area contributed by atoms with E-state index >= 15 is 0 Å². The summed E-state index contributed by atoms with van der Waals surface area (Å²) in [6, 6.07) is 17.7. The number of fused-ring (bicyclic) bond motifs is 1. The Morgan fingerprint density at radius 3 is 2.86 bits per heavy atom. The SMILES string of the molecule is O=C(CCc1ccccc1Cl)NC[C@H]1Cc2cccc(-c3cccnc3)c2O1. The molecule has 142 valence electrons. The van der Waals surface area contributed by atoms with Gasteiger partial charge in [0.05, 0.1) is 6.54 Å². The topological polar surface area (TPSA) is 51.2 Å². The number of amides is 1. The van der Waals surface area contributed by atoms with Gasteiger partial charge in [0.25, 0.3) is 0 Å². The lowest BCUT2D eigenvalue weighted by molar-refractivity contribution is -0.121. The third-order valence-corrected chi connectivity index (χ3v) is 5.28. The van der Waals surface area contributed by atoms with Gasteiger partial charge in [0, 0.05) is 41.4 Å². The fraction of sp³-hybridized carbons (Fsp3) is 0.217. The van der Waals surface area contributed by atoms with Crippen LogP contribution in [0.15, 0.2) is 67.0 Å². The molecule has 0 bridgehead atoms. The number of carbonyl (C=O) groups is 1. The molecule has 0 saturated heterocycles. The minimum Gasteiger partial charge on any atom is -0.487 e. The van der Waals surface area contributed by atoms with Gasteiger partial charge in [-0.3, -0.25) is 9.78 Å². The van der Waals surface area contributed by atoms with E-state index in [1.54, 1.807) is 6.20 Å². The number of hydrogen-bond donors (Lipinski definition) is 1. The van der Waals surface area contributed by atoms with Gasteiger partial charge in [-0.05, 0) is 29.7 Å². The van der Waals surface area contributed by atoms with E-state index in [4.69, 9.17) is 16.3 Å². The Balaban J connectivity index is 1.33. The molecule has 3 aromatic rings. The molecule has 28 heavy (non-hydrogen) atoms. The van der Waals surface area contributed by atoms with Gasteiger partial charge in [-0.2, -0.15) is 0 Å². The predicted molar refractivity (Wildman–Crippen MR) is 111 cm³/mol. The molecule has 0 radical (unpaired) electrons. The highest BCUT2D eigenvalue weighted by Gasteiger charge is 2.26. The molecule has 1 amide bonds. The number of nitrogens with one attached hydrogen (secondary N) is 1. The summed E-state index contributed by atoms with van der Waals surface area (Å²) in [4.78, 5) is 16.4. The van der Waals surface area contributed by atoms with Crippen LogP contribution in [-0.4, -0.2) is 23.5 Å². The molecule has 1 N–H and O–H groups in total. The highest BCUT2D eigenvalue weighted by molar-refractivity contribution is 6.31. The molecular formula is C23H21ClN2O2. The second-order valence-corrected chi connectivity index (χ2v) is 7.28. The molecule has 1 aliphatic rings. The normalized spacial score (nSPS) is 15.0. The van der Waals surface area contributed by atoms with Crippen LogP contribution in [0.5, 0.6) is 5.75 Å². The number of ether oxygens (including phenoxy) is 1. The van der Waals surface area contributed by atoms with Crippen LogP contribution in [0.4, 0.5) is 0 Å². The van der Waals surface area contributed by atoms with Gasteiger partial charge < -0.3 is 10.1 Å². The number of pyridine rings is 1. The molecule has 1 aliphatic heterocycles. The van der Waals surface area contributed by atoms with E-state index in [-0.39, 0.29) is 12.0 Å². The maximum Gasteiger partial charge on any atom is 0.220 e. The van der Waals surface area contributed by atoms with Crippen molar-refractivity contribution in [3.05, 3.63) is 83.1 Å². The Morgan fingerprint density at radius 1 is 1.14 bits per heavy atom. The zero-order valence-electron chi connectivity index (χ0n) is 15.4. The zero-order chi connectivity index (χ0) is 19.3. The minimum atomic E-state index is -0.0583. The Labute approximate surface area is 169 Å². The lowest BCUT2D eigenvalue weighted by Gasteiger charge is -2.13. The molecule has 0 saturated carbocycles. The number of carbonyl (C=O) groups excluding carboxylic acids is 1. The van der Waals surface area contributed by atoms with Crippen molar-refractivity contribution in [3.63, 3.8) is 0 Å². The lowest BCUT2D eigenvalue weighted by Crippen LogP contribution is -2.34. The molecule has 0 unspecified atom stereocenters. The van der Waals surface area contributed by atoms with Crippen molar-refractivity contribution in [3.8, 4) is 16.9 Å². The van der Waals surface area contributed by atoms with Gasteiger partial charge in [0.1, 0.15) is 11.9 Å². The summed E-state index contributed by atoms with van der Waals surface area (Å²) in [5.74, 6) is 0.901. The van der Waals surface area contributed by atoms with E-state index in [2.05, 4.69) is 16.4 Å². The number of para-hydroxylation sites is 1. The van der Waals surface area contributed by atoms with Crippen LogP contribution in [0, 0.1) is 0 Å². The number of benzene rings is 2. The fourth-order valence-electron chi connectivity index (χ4n) is 3.47. The number of nitrogens with zero attached hydrogens (tertiary/aromatic N) is 1. The van der Waals surface area contributed by atoms with Crippen LogP contribution in [0.25, 0.3) is 11.1 Å². The molecule has 4 nitrogen and oxygen atoms in total. The van der Waals surface area contributed by atoms with Crippen molar-refractivity contribution in [2.24, 2.45) is 0 Å². The summed E-state index contributed by atoms with van der Waals surface area (Å²) in [6.07, 6.45) is 5.36. The van der Waals surface area contributed by atoms with Crippen LogP contribution >= 0.6 is 11.6 Å². The summed E-state index contributed by atoms with van der Waals surface area (Å²) in [6.45, 7) is 0.489. The Bertz CT molecular complexity index is 975. The van der Waals surface area contributed by atoms with Crippen molar-refractivity contribution in [1.29, 1.82) is 0 Å². The summed E-state index contributed by atoms with van der Waals surface area (Å²) in [5.41, 5.74) is 4.23. The van der Waals surface area contributed by atoms with Gasteiger partial charge in [-0.25, -0.2) is 0 Å². The first-order chi connectivity index (χ1) is 13.7. The quantitative estimate of drug-likeness (QED) is 0.674. The number of halogens is 1. The Kier molecular flexibility index (Phi) is 5.58. The van der Waals surface area contributed by atoms with E-state index in [9.17, 15) is 4.79 Å². The van der Waals surface area contributed by atoms with Crippen molar-refractivity contribution >= 4 is 17.5 Å².